The zero-order valence-corrected chi connectivity index (χ0v) is 13.3. The Morgan fingerprint density at radius 3 is 1.25 bits per heavy atom. The second-order valence-electron chi connectivity index (χ2n) is 4.80. The zero-order valence-electron chi connectivity index (χ0n) is 13.3. The van der Waals surface area contributed by atoms with Crippen LogP contribution in [0.2, 0.25) is 0 Å². The van der Waals surface area contributed by atoms with Crippen molar-refractivity contribution in [2.45, 2.75) is 65.2 Å². The molecule has 6 nitrogen and oxygen atoms in total. The van der Waals surface area contributed by atoms with Crippen LogP contribution in [0, 0.1) is 0 Å². The van der Waals surface area contributed by atoms with Gasteiger partial charge in [-0.25, -0.2) is 0 Å². The largest absolute Gasteiger partial charge is 0.392 e. The van der Waals surface area contributed by atoms with Crippen LogP contribution in [-0.4, -0.2) is 36.6 Å². The quantitative estimate of drug-likeness (QED) is 0.237. The number of nitrogens with zero attached hydrogens (tertiary/aromatic N) is 2. The molecule has 122 valence electrons. The van der Waals surface area contributed by atoms with Crippen molar-refractivity contribution in [3.63, 3.8) is 0 Å². The molecule has 6 heteroatoms. The van der Waals surface area contributed by atoms with Gasteiger partial charge in [0.05, 0.1) is 10.6 Å². The van der Waals surface area contributed by atoms with E-state index in [1.54, 1.807) is 0 Å². The van der Waals surface area contributed by atoms with Gasteiger partial charge in [0.2, 0.25) is 0 Å². The molecule has 4 N–H and O–H groups in total. The molecule has 0 unspecified atom stereocenters. The van der Waals surface area contributed by atoms with Crippen LogP contribution < -0.4 is 10.6 Å². The molecule has 0 aliphatic rings. The first-order chi connectivity index (χ1) is 9.83. The molecule has 0 aliphatic carbocycles. The van der Waals surface area contributed by atoms with Crippen LogP contribution in [0.3, 0.4) is 0 Å². The molecule has 0 saturated carbocycles. The van der Waals surface area contributed by atoms with Crippen LogP contribution in [0.4, 0.5) is 0 Å². The maximum absolute atomic E-state index is 7.08. The molecular weight excluding hydrogens is 256 g/mol. The number of hydrogen-bond acceptors (Lipinski definition) is 4. The van der Waals surface area contributed by atoms with Gasteiger partial charge in [-0.1, -0.05) is 39.5 Å². The summed E-state index contributed by atoms with van der Waals surface area (Å²) >= 11 is 0. The van der Waals surface area contributed by atoms with Crippen molar-refractivity contribution in [3.05, 3.63) is 0 Å². The van der Waals surface area contributed by atoms with Gasteiger partial charge in [-0.05, 0) is 51.9 Å². The lowest BCUT2D eigenvalue weighted by Crippen LogP contribution is -2.17. The van der Waals surface area contributed by atoms with Crippen molar-refractivity contribution in [1.82, 2.24) is 10.6 Å². The third-order valence-electron chi connectivity index (χ3n) is 2.91. The van der Waals surface area contributed by atoms with Crippen LogP contribution in [0.15, 0.2) is 10.6 Å². The fraction of sp³-hybridized carbons (Fsp3) is 1.00. The van der Waals surface area contributed by atoms with Gasteiger partial charge in [-0.3, -0.25) is 0 Å². The van der Waals surface area contributed by atoms with Crippen molar-refractivity contribution in [1.29, 1.82) is 0 Å². The minimum Gasteiger partial charge on any atom is -0.392 e. The molecule has 0 rings (SSSR count). The Kier molecular flexibility index (Phi) is 24.9. The lowest BCUT2D eigenvalue weighted by Gasteiger charge is -2.05. The predicted octanol–water partition coefficient (Wildman–Crippen LogP) is 3.54. The molecule has 0 aromatic heterocycles. The molecule has 0 heterocycles. The first-order valence-corrected chi connectivity index (χ1v) is 7.93. The molecule has 0 aromatic rings. The van der Waals surface area contributed by atoms with Crippen LogP contribution in [0.1, 0.15) is 65.2 Å². The highest BCUT2D eigenvalue weighted by Gasteiger charge is 1.91. The minimum atomic E-state index is 1.20. The molecule has 0 atom stereocenters. The Morgan fingerprint density at radius 2 is 0.950 bits per heavy atom. The Balaban J connectivity index is 0. The summed E-state index contributed by atoms with van der Waals surface area (Å²) < 4.78 is 0. The monoisotopic (exact) mass is 290 g/mol. The molecule has 0 aromatic carbocycles. The van der Waals surface area contributed by atoms with Gasteiger partial charge in [-0.15, -0.1) is 0 Å². The molecule has 0 saturated heterocycles. The van der Waals surface area contributed by atoms with E-state index in [2.05, 4.69) is 24.5 Å². The van der Waals surface area contributed by atoms with E-state index in [1.165, 1.54) is 77.5 Å². The summed E-state index contributed by atoms with van der Waals surface area (Å²) in [4.78, 5) is 0. The zero-order chi connectivity index (χ0) is 15.3. The fourth-order valence-corrected chi connectivity index (χ4v) is 1.71. The average molecular weight is 290 g/mol. The second kappa shape index (κ2) is 23.2. The lowest BCUT2D eigenvalue weighted by atomic mass is 10.2. The number of rotatable bonds is 13. The number of nitrogens with one attached hydrogen (secondary N) is 2. The number of hydrogen-bond donors (Lipinski definition) is 4. The standard InChI is InChI=1S/C14H32N2.H2N2O2/c1-3-5-11-15-13-9-7-8-10-14-16-12-6-4-2;3-1-2-4/h15-16H,3-14H2,1-2H3;(H,1,4)(H,2,3). The number of unbranched alkanes of at least 4 members (excludes halogenated alkanes) is 5. The van der Waals surface area contributed by atoms with Crippen molar-refractivity contribution < 1.29 is 10.4 Å². The SMILES string of the molecule is CCCCNCCCCCCNCCCC.ON=NO. The van der Waals surface area contributed by atoms with Gasteiger partial charge < -0.3 is 21.0 Å². The van der Waals surface area contributed by atoms with Gasteiger partial charge in [0.1, 0.15) is 0 Å². The third kappa shape index (κ3) is 25.8. The molecule has 0 radical (unpaired) electrons. The summed E-state index contributed by atoms with van der Waals surface area (Å²) in [7, 11) is 0. The molecule has 0 aliphatic heterocycles. The normalized spacial score (nSPS) is 10.5. The van der Waals surface area contributed by atoms with Crippen molar-refractivity contribution in [2.75, 3.05) is 26.2 Å². The lowest BCUT2D eigenvalue weighted by molar-refractivity contribution is 0.177. The van der Waals surface area contributed by atoms with Gasteiger partial charge >= 0.3 is 0 Å². The van der Waals surface area contributed by atoms with E-state index < -0.39 is 0 Å². The van der Waals surface area contributed by atoms with Crippen molar-refractivity contribution in [2.24, 2.45) is 10.6 Å². The van der Waals surface area contributed by atoms with Crippen molar-refractivity contribution in [3.8, 4) is 0 Å². The van der Waals surface area contributed by atoms with Gasteiger partial charge in [0.25, 0.3) is 0 Å². The van der Waals surface area contributed by atoms with Crippen LogP contribution in [0.5, 0.6) is 0 Å². The summed E-state index contributed by atoms with van der Waals surface area (Å²) in [5.41, 5.74) is 0. The first kappa shape index (κ1) is 21.4. The summed E-state index contributed by atoms with van der Waals surface area (Å²) in [5.74, 6) is 0. The van der Waals surface area contributed by atoms with Gasteiger partial charge in [0, 0.05) is 0 Å². The Labute approximate surface area is 124 Å². The van der Waals surface area contributed by atoms with Crippen LogP contribution in [0.25, 0.3) is 0 Å². The van der Waals surface area contributed by atoms with Crippen molar-refractivity contribution >= 4 is 0 Å². The topological polar surface area (TPSA) is 89.2 Å². The molecule has 0 spiro atoms. The summed E-state index contributed by atoms with van der Waals surface area (Å²) in [5, 5.41) is 25.0. The molecular formula is C14H34N4O2. The average Bonchev–Trinajstić information content (AvgIpc) is 2.49. The van der Waals surface area contributed by atoms with E-state index in [9.17, 15) is 0 Å². The van der Waals surface area contributed by atoms with Crippen LogP contribution >= 0.6 is 0 Å². The predicted molar refractivity (Wildman–Crippen MR) is 82.5 cm³/mol. The van der Waals surface area contributed by atoms with E-state index in [1.807, 2.05) is 10.6 Å². The summed E-state index contributed by atoms with van der Waals surface area (Å²) in [6, 6.07) is 0. The van der Waals surface area contributed by atoms with E-state index in [0.29, 0.717) is 0 Å². The van der Waals surface area contributed by atoms with Gasteiger partial charge in [0.15, 0.2) is 0 Å². The fourth-order valence-electron chi connectivity index (χ4n) is 1.71. The highest BCUT2D eigenvalue weighted by atomic mass is 16.5. The third-order valence-corrected chi connectivity index (χ3v) is 2.91. The summed E-state index contributed by atoms with van der Waals surface area (Å²) in [6.45, 7) is 9.32. The maximum atomic E-state index is 7.08. The Morgan fingerprint density at radius 1 is 0.600 bits per heavy atom. The minimum absolute atomic E-state index is 1.20. The van der Waals surface area contributed by atoms with E-state index in [-0.39, 0.29) is 0 Å². The highest BCUT2D eigenvalue weighted by molar-refractivity contribution is 4.51. The highest BCUT2D eigenvalue weighted by Crippen LogP contribution is 1.98. The molecule has 0 fully saturated rings. The summed E-state index contributed by atoms with van der Waals surface area (Å²) in [6.07, 6.45) is 10.7. The van der Waals surface area contributed by atoms with Gasteiger partial charge in [-0.2, -0.15) is 0 Å². The molecule has 0 bridgehead atoms. The first-order valence-electron chi connectivity index (χ1n) is 7.93. The second-order valence-corrected chi connectivity index (χ2v) is 4.80. The van der Waals surface area contributed by atoms with E-state index in [0.717, 1.165) is 0 Å². The molecule has 20 heavy (non-hydrogen) atoms. The maximum Gasteiger partial charge on any atom is 0.0606 e. The smallest absolute Gasteiger partial charge is 0.0606 e. The Bertz CT molecular complexity index is 163. The van der Waals surface area contributed by atoms with E-state index in [4.69, 9.17) is 10.4 Å². The Hall–Kier alpha value is -0.880. The van der Waals surface area contributed by atoms with E-state index >= 15 is 0 Å². The molecule has 0 amide bonds. The van der Waals surface area contributed by atoms with Crippen LogP contribution in [-0.2, 0) is 0 Å².